The van der Waals surface area contributed by atoms with Gasteiger partial charge in [-0.25, -0.2) is 9.07 Å². The van der Waals surface area contributed by atoms with Gasteiger partial charge < -0.3 is 5.32 Å². The summed E-state index contributed by atoms with van der Waals surface area (Å²) in [6, 6.07) is 17.1. The topological polar surface area (TPSA) is 46.9 Å². The van der Waals surface area contributed by atoms with E-state index in [-0.39, 0.29) is 17.4 Å². The van der Waals surface area contributed by atoms with Gasteiger partial charge in [0.25, 0.3) is 5.91 Å². The van der Waals surface area contributed by atoms with Crippen LogP contribution in [0.4, 0.5) is 4.39 Å². The van der Waals surface area contributed by atoms with Crippen molar-refractivity contribution in [3.63, 3.8) is 0 Å². The highest BCUT2D eigenvalue weighted by molar-refractivity contribution is 5.92. The Hall–Kier alpha value is -2.95. The van der Waals surface area contributed by atoms with Gasteiger partial charge in [-0.15, -0.1) is 0 Å². The highest BCUT2D eigenvalue weighted by Crippen LogP contribution is 2.16. The van der Waals surface area contributed by atoms with Crippen LogP contribution in [0.3, 0.4) is 0 Å². The first-order valence-corrected chi connectivity index (χ1v) is 7.31. The first-order chi connectivity index (χ1) is 11.1. The number of carbonyl (C=O) groups excluding carboxylic acids is 1. The zero-order valence-electron chi connectivity index (χ0n) is 12.6. The van der Waals surface area contributed by atoms with Crippen molar-refractivity contribution in [3.05, 3.63) is 83.9 Å². The Balaban J connectivity index is 1.74. The zero-order valence-corrected chi connectivity index (χ0v) is 12.6. The van der Waals surface area contributed by atoms with E-state index in [0.717, 1.165) is 5.69 Å². The normalized spacial score (nSPS) is 11.9. The van der Waals surface area contributed by atoms with E-state index in [1.165, 1.54) is 6.07 Å². The summed E-state index contributed by atoms with van der Waals surface area (Å²) in [4.78, 5) is 12.3. The van der Waals surface area contributed by atoms with Gasteiger partial charge in [-0.1, -0.05) is 36.4 Å². The standard InChI is InChI=1S/C18H16FN3O/c1-13(15-9-5-6-10-16(15)19)20-18(23)17-11-12-22(21-17)14-7-3-2-4-8-14/h2-13H,1H3,(H,20,23). The molecule has 116 valence electrons. The molecule has 0 fully saturated rings. The SMILES string of the molecule is CC(NC(=O)c1ccn(-c2ccccc2)n1)c1ccccc1F. The molecule has 1 heterocycles. The molecule has 3 aromatic rings. The number of nitrogens with one attached hydrogen (secondary N) is 1. The van der Waals surface area contributed by atoms with Crippen molar-refractivity contribution in [1.82, 2.24) is 15.1 Å². The molecule has 23 heavy (non-hydrogen) atoms. The molecule has 0 aliphatic heterocycles. The third-order valence-electron chi connectivity index (χ3n) is 3.56. The molecule has 2 aromatic carbocycles. The van der Waals surface area contributed by atoms with Crippen LogP contribution in [0.15, 0.2) is 66.9 Å². The van der Waals surface area contributed by atoms with Crippen LogP contribution in [-0.4, -0.2) is 15.7 Å². The summed E-state index contributed by atoms with van der Waals surface area (Å²) in [6.45, 7) is 1.74. The number of rotatable bonds is 4. The molecule has 0 saturated carbocycles. The second-order valence-electron chi connectivity index (χ2n) is 5.20. The predicted molar refractivity (Wildman–Crippen MR) is 85.8 cm³/mol. The van der Waals surface area contributed by atoms with Crippen LogP contribution in [0.5, 0.6) is 0 Å². The lowest BCUT2D eigenvalue weighted by atomic mass is 10.1. The Morgan fingerprint density at radius 1 is 1.09 bits per heavy atom. The Morgan fingerprint density at radius 3 is 2.52 bits per heavy atom. The van der Waals surface area contributed by atoms with E-state index in [1.54, 1.807) is 42.1 Å². The average Bonchev–Trinajstić information content (AvgIpc) is 3.06. The molecule has 0 radical (unpaired) electrons. The van der Waals surface area contributed by atoms with Crippen LogP contribution < -0.4 is 5.32 Å². The Kier molecular flexibility index (Phi) is 4.19. The van der Waals surface area contributed by atoms with Crippen LogP contribution >= 0.6 is 0 Å². The predicted octanol–water partition coefficient (Wildman–Crippen LogP) is 3.50. The van der Waals surface area contributed by atoms with Crippen LogP contribution in [0.1, 0.15) is 29.0 Å². The summed E-state index contributed by atoms with van der Waals surface area (Å²) in [5.41, 5.74) is 1.61. The van der Waals surface area contributed by atoms with Gasteiger partial charge in [-0.05, 0) is 31.2 Å². The minimum Gasteiger partial charge on any atom is -0.344 e. The molecule has 1 N–H and O–H groups in total. The second kappa shape index (κ2) is 6.44. The number of amides is 1. The van der Waals surface area contributed by atoms with Gasteiger partial charge >= 0.3 is 0 Å². The van der Waals surface area contributed by atoms with E-state index in [9.17, 15) is 9.18 Å². The number of hydrogen-bond donors (Lipinski definition) is 1. The Bertz CT molecular complexity index is 814. The van der Waals surface area contributed by atoms with Gasteiger partial charge in [0.15, 0.2) is 5.69 Å². The minimum atomic E-state index is -0.439. The van der Waals surface area contributed by atoms with E-state index in [1.807, 2.05) is 30.3 Å². The summed E-state index contributed by atoms with van der Waals surface area (Å²) >= 11 is 0. The molecule has 3 rings (SSSR count). The lowest BCUT2D eigenvalue weighted by Gasteiger charge is -2.14. The number of aromatic nitrogens is 2. The Labute approximate surface area is 133 Å². The molecule has 1 aromatic heterocycles. The van der Waals surface area contributed by atoms with E-state index < -0.39 is 6.04 Å². The molecule has 1 atom stereocenters. The maximum atomic E-state index is 13.7. The number of halogens is 1. The summed E-state index contributed by atoms with van der Waals surface area (Å²) in [5.74, 6) is -0.675. The maximum Gasteiger partial charge on any atom is 0.272 e. The van der Waals surface area contributed by atoms with Crippen LogP contribution in [0.2, 0.25) is 0 Å². The van der Waals surface area contributed by atoms with Crippen LogP contribution in [0.25, 0.3) is 5.69 Å². The molecule has 0 aliphatic carbocycles. The molecular formula is C18H16FN3O. The van der Waals surface area contributed by atoms with Crippen molar-refractivity contribution in [3.8, 4) is 5.69 Å². The fraction of sp³-hybridized carbons (Fsp3) is 0.111. The average molecular weight is 309 g/mol. The summed E-state index contributed by atoms with van der Waals surface area (Å²) in [6.07, 6.45) is 1.72. The third-order valence-corrected chi connectivity index (χ3v) is 3.56. The van der Waals surface area contributed by atoms with Crippen molar-refractivity contribution in [2.24, 2.45) is 0 Å². The molecule has 0 bridgehead atoms. The molecule has 0 aliphatic rings. The van der Waals surface area contributed by atoms with E-state index >= 15 is 0 Å². The largest absolute Gasteiger partial charge is 0.344 e. The third kappa shape index (κ3) is 3.29. The van der Waals surface area contributed by atoms with Crippen molar-refractivity contribution in [1.29, 1.82) is 0 Å². The van der Waals surface area contributed by atoms with Crippen LogP contribution in [0, 0.1) is 5.82 Å². The second-order valence-corrected chi connectivity index (χ2v) is 5.20. The summed E-state index contributed by atoms with van der Waals surface area (Å²) < 4.78 is 15.4. The quantitative estimate of drug-likeness (QED) is 0.802. The van der Waals surface area contributed by atoms with Gasteiger partial charge in [-0.3, -0.25) is 4.79 Å². The first-order valence-electron chi connectivity index (χ1n) is 7.31. The van der Waals surface area contributed by atoms with Crippen molar-refractivity contribution < 1.29 is 9.18 Å². The lowest BCUT2D eigenvalue weighted by Crippen LogP contribution is -2.27. The van der Waals surface area contributed by atoms with Crippen molar-refractivity contribution in [2.75, 3.05) is 0 Å². The number of benzene rings is 2. The maximum absolute atomic E-state index is 13.7. The first kappa shape index (κ1) is 15.0. The van der Waals surface area contributed by atoms with Gasteiger partial charge in [0.1, 0.15) is 5.82 Å². The van der Waals surface area contributed by atoms with E-state index in [4.69, 9.17) is 0 Å². The van der Waals surface area contributed by atoms with Gasteiger partial charge in [0.2, 0.25) is 0 Å². The van der Waals surface area contributed by atoms with Gasteiger partial charge in [0.05, 0.1) is 11.7 Å². The lowest BCUT2D eigenvalue weighted by molar-refractivity contribution is 0.0934. The van der Waals surface area contributed by atoms with E-state index in [2.05, 4.69) is 10.4 Å². The Morgan fingerprint density at radius 2 is 1.78 bits per heavy atom. The fourth-order valence-corrected chi connectivity index (χ4v) is 2.34. The highest BCUT2D eigenvalue weighted by Gasteiger charge is 2.16. The minimum absolute atomic E-state index is 0.289. The van der Waals surface area contributed by atoms with Gasteiger partial charge in [-0.2, -0.15) is 5.10 Å². The summed E-state index contributed by atoms with van der Waals surface area (Å²) in [7, 11) is 0. The summed E-state index contributed by atoms with van der Waals surface area (Å²) in [5, 5.41) is 7.02. The van der Waals surface area contributed by atoms with Crippen molar-refractivity contribution in [2.45, 2.75) is 13.0 Å². The number of hydrogen-bond acceptors (Lipinski definition) is 2. The van der Waals surface area contributed by atoms with Crippen molar-refractivity contribution >= 4 is 5.91 Å². The van der Waals surface area contributed by atoms with E-state index in [0.29, 0.717) is 5.56 Å². The van der Waals surface area contributed by atoms with Crippen LogP contribution in [-0.2, 0) is 0 Å². The molecule has 1 unspecified atom stereocenters. The number of carbonyl (C=O) groups is 1. The number of nitrogens with zero attached hydrogens (tertiary/aromatic N) is 2. The molecule has 4 nitrogen and oxygen atoms in total. The smallest absolute Gasteiger partial charge is 0.272 e. The molecule has 1 amide bonds. The molecule has 5 heteroatoms. The monoisotopic (exact) mass is 309 g/mol. The highest BCUT2D eigenvalue weighted by atomic mass is 19.1. The molecule has 0 spiro atoms. The zero-order chi connectivity index (χ0) is 16.2. The fourth-order valence-electron chi connectivity index (χ4n) is 2.34. The molecule has 0 saturated heterocycles. The van der Waals surface area contributed by atoms with Gasteiger partial charge in [0, 0.05) is 11.8 Å². The molecular weight excluding hydrogens is 293 g/mol. The number of para-hydroxylation sites is 1.